The molecule has 0 bridgehead atoms. The second-order valence-corrected chi connectivity index (χ2v) is 9.26. The quantitative estimate of drug-likeness (QED) is 0.643. The van der Waals surface area contributed by atoms with Gasteiger partial charge in [0.2, 0.25) is 10.0 Å². The molecule has 3 rings (SSSR count). The van der Waals surface area contributed by atoms with Crippen LogP contribution >= 0.6 is 0 Å². The van der Waals surface area contributed by atoms with Gasteiger partial charge < -0.3 is 9.64 Å². The number of likely N-dealkylation sites (tertiary alicyclic amines) is 1. The van der Waals surface area contributed by atoms with Crippen LogP contribution in [0.5, 0.6) is 0 Å². The summed E-state index contributed by atoms with van der Waals surface area (Å²) in [5.74, 6) is -0.0790. The van der Waals surface area contributed by atoms with Crippen LogP contribution in [0.3, 0.4) is 0 Å². The molecule has 2 fully saturated rings. The molecule has 2 aliphatic rings. The van der Waals surface area contributed by atoms with Gasteiger partial charge in [0.15, 0.2) is 0 Å². The summed E-state index contributed by atoms with van der Waals surface area (Å²) in [4.78, 5) is 16.7. The number of morpholine rings is 1. The summed E-state index contributed by atoms with van der Waals surface area (Å²) in [5, 5.41) is 4.23. The van der Waals surface area contributed by atoms with Gasteiger partial charge in [0.1, 0.15) is 0 Å². The average Bonchev–Trinajstić information content (AvgIpc) is 3.21. The van der Waals surface area contributed by atoms with E-state index in [1.807, 2.05) is 6.92 Å². The van der Waals surface area contributed by atoms with Crippen LogP contribution in [0.4, 0.5) is 0 Å². The number of hydrogen-bond acceptors (Lipinski definition) is 6. The number of carbonyl (C=O) groups excluding carboxylic acids is 1. The molecule has 0 aliphatic carbocycles. The molecular weight excluding hydrogens is 370 g/mol. The molecule has 9 nitrogen and oxygen atoms in total. The van der Waals surface area contributed by atoms with Crippen LogP contribution in [-0.2, 0) is 21.8 Å². The van der Waals surface area contributed by atoms with E-state index in [1.165, 1.54) is 6.26 Å². The first-order valence-corrected chi connectivity index (χ1v) is 11.2. The SMILES string of the molecule is Cc1nn(C)cc1C(=O)N1CCC(N(CCN2CCOCC2)S(C)(=O)=O)C1. The van der Waals surface area contributed by atoms with Crippen molar-refractivity contribution in [2.24, 2.45) is 7.05 Å². The lowest BCUT2D eigenvalue weighted by Crippen LogP contribution is -2.47. The van der Waals surface area contributed by atoms with Crippen LogP contribution in [0.2, 0.25) is 0 Å². The molecule has 1 atom stereocenters. The fourth-order valence-corrected chi connectivity index (χ4v) is 4.95. The molecule has 0 spiro atoms. The molecule has 1 aromatic rings. The fraction of sp³-hybridized carbons (Fsp3) is 0.765. The minimum Gasteiger partial charge on any atom is -0.379 e. The fourth-order valence-electron chi connectivity index (χ4n) is 3.83. The van der Waals surface area contributed by atoms with Crippen LogP contribution in [0, 0.1) is 6.92 Å². The third-order valence-corrected chi connectivity index (χ3v) is 6.60. The minimum atomic E-state index is -3.35. The van der Waals surface area contributed by atoms with Gasteiger partial charge in [-0.05, 0) is 13.3 Å². The second-order valence-electron chi connectivity index (χ2n) is 7.32. The van der Waals surface area contributed by atoms with Crippen LogP contribution in [-0.4, -0.2) is 103 Å². The van der Waals surface area contributed by atoms with Gasteiger partial charge in [0.25, 0.3) is 5.91 Å². The molecule has 10 heteroatoms. The lowest BCUT2D eigenvalue weighted by atomic mass is 10.2. The van der Waals surface area contributed by atoms with Gasteiger partial charge in [0, 0.05) is 58.6 Å². The Bertz CT molecular complexity index is 772. The molecule has 2 aliphatic heterocycles. The summed E-state index contributed by atoms with van der Waals surface area (Å²) in [5.41, 5.74) is 1.27. The van der Waals surface area contributed by atoms with E-state index in [0.717, 1.165) is 13.1 Å². The van der Waals surface area contributed by atoms with Crippen molar-refractivity contribution in [3.63, 3.8) is 0 Å². The standard InChI is InChI=1S/C17H29N5O4S/c1-14-16(13-19(2)18-14)17(23)21-5-4-15(12-21)22(27(3,24)25)7-6-20-8-10-26-11-9-20/h13,15H,4-12H2,1-3H3. The van der Waals surface area contributed by atoms with Gasteiger partial charge in [-0.2, -0.15) is 9.40 Å². The van der Waals surface area contributed by atoms with E-state index in [9.17, 15) is 13.2 Å². The van der Waals surface area contributed by atoms with Crippen LogP contribution in [0.15, 0.2) is 6.20 Å². The third-order valence-electron chi connectivity index (χ3n) is 5.27. The molecule has 1 amide bonds. The molecule has 2 saturated heterocycles. The summed E-state index contributed by atoms with van der Waals surface area (Å²) < 4.78 is 33.3. The Morgan fingerprint density at radius 1 is 1.33 bits per heavy atom. The van der Waals surface area contributed by atoms with E-state index in [4.69, 9.17) is 4.74 Å². The van der Waals surface area contributed by atoms with Crippen molar-refractivity contribution in [3.05, 3.63) is 17.5 Å². The predicted molar refractivity (Wildman–Crippen MR) is 101 cm³/mol. The molecule has 152 valence electrons. The van der Waals surface area contributed by atoms with Gasteiger partial charge in [-0.15, -0.1) is 0 Å². The van der Waals surface area contributed by atoms with Gasteiger partial charge in [-0.3, -0.25) is 14.4 Å². The lowest BCUT2D eigenvalue weighted by Gasteiger charge is -2.31. The zero-order chi connectivity index (χ0) is 19.6. The number of sulfonamides is 1. The van der Waals surface area contributed by atoms with Gasteiger partial charge in [-0.1, -0.05) is 0 Å². The summed E-state index contributed by atoms with van der Waals surface area (Å²) in [7, 11) is -1.56. The minimum absolute atomic E-state index is 0.0790. The zero-order valence-electron chi connectivity index (χ0n) is 16.3. The van der Waals surface area contributed by atoms with Gasteiger partial charge in [-0.25, -0.2) is 8.42 Å². The van der Waals surface area contributed by atoms with E-state index in [0.29, 0.717) is 57.1 Å². The molecule has 1 unspecified atom stereocenters. The normalized spacial score (nSPS) is 21.9. The van der Waals surface area contributed by atoms with Crippen molar-refractivity contribution in [2.75, 3.05) is 58.7 Å². The van der Waals surface area contributed by atoms with Crippen molar-refractivity contribution >= 4 is 15.9 Å². The lowest BCUT2D eigenvalue weighted by molar-refractivity contribution is 0.0353. The molecule has 0 saturated carbocycles. The highest BCUT2D eigenvalue weighted by atomic mass is 32.2. The highest BCUT2D eigenvalue weighted by Gasteiger charge is 2.35. The van der Waals surface area contributed by atoms with Crippen molar-refractivity contribution in [2.45, 2.75) is 19.4 Å². The van der Waals surface area contributed by atoms with E-state index < -0.39 is 10.0 Å². The molecule has 27 heavy (non-hydrogen) atoms. The van der Waals surface area contributed by atoms with E-state index in [2.05, 4.69) is 10.00 Å². The largest absolute Gasteiger partial charge is 0.379 e. The first-order chi connectivity index (χ1) is 12.8. The van der Waals surface area contributed by atoms with Crippen molar-refractivity contribution in [1.82, 2.24) is 23.9 Å². The summed E-state index contributed by atoms with van der Waals surface area (Å²) in [6, 6.07) is -0.179. The number of nitrogens with zero attached hydrogens (tertiary/aromatic N) is 5. The maximum atomic E-state index is 12.8. The number of ether oxygens (including phenoxy) is 1. The van der Waals surface area contributed by atoms with Crippen LogP contribution < -0.4 is 0 Å². The number of aromatic nitrogens is 2. The Balaban J connectivity index is 1.64. The Morgan fingerprint density at radius 3 is 2.63 bits per heavy atom. The third kappa shape index (κ3) is 4.87. The average molecular weight is 400 g/mol. The van der Waals surface area contributed by atoms with Crippen molar-refractivity contribution < 1.29 is 17.9 Å². The first kappa shape index (κ1) is 20.2. The van der Waals surface area contributed by atoms with Gasteiger partial charge >= 0.3 is 0 Å². The Labute approximate surface area is 160 Å². The first-order valence-electron chi connectivity index (χ1n) is 9.32. The summed E-state index contributed by atoms with van der Waals surface area (Å²) in [6.45, 7) is 6.95. The molecule has 3 heterocycles. The molecule has 0 radical (unpaired) electrons. The Hall–Kier alpha value is -1.49. The Kier molecular flexibility index (Phi) is 6.19. The van der Waals surface area contributed by atoms with E-state index in [1.54, 1.807) is 27.1 Å². The number of rotatable bonds is 6. The highest BCUT2D eigenvalue weighted by molar-refractivity contribution is 7.88. The summed E-state index contributed by atoms with van der Waals surface area (Å²) >= 11 is 0. The molecular formula is C17H29N5O4S. The van der Waals surface area contributed by atoms with Crippen LogP contribution in [0.25, 0.3) is 0 Å². The summed E-state index contributed by atoms with van der Waals surface area (Å²) in [6.07, 6.45) is 3.63. The predicted octanol–water partition coefficient (Wildman–Crippen LogP) is -0.463. The van der Waals surface area contributed by atoms with E-state index in [-0.39, 0.29) is 11.9 Å². The second kappa shape index (κ2) is 8.26. The monoisotopic (exact) mass is 399 g/mol. The van der Waals surface area contributed by atoms with E-state index >= 15 is 0 Å². The van der Waals surface area contributed by atoms with Crippen molar-refractivity contribution in [3.8, 4) is 0 Å². The smallest absolute Gasteiger partial charge is 0.257 e. The molecule has 1 aromatic heterocycles. The Morgan fingerprint density at radius 2 is 2.04 bits per heavy atom. The van der Waals surface area contributed by atoms with Gasteiger partial charge in [0.05, 0.1) is 30.7 Å². The number of aryl methyl sites for hydroxylation is 2. The number of hydrogen-bond donors (Lipinski definition) is 0. The highest BCUT2D eigenvalue weighted by Crippen LogP contribution is 2.21. The number of carbonyl (C=O) groups is 1. The zero-order valence-corrected chi connectivity index (χ0v) is 17.1. The molecule has 0 aromatic carbocycles. The topological polar surface area (TPSA) is 88.0 Å². The maximum Gasteiger partial charge on any atom is 0.257 e. The maximum absolute atomic E-state index is 12.8. The van der Waals surface area contributed by atoms with Crippen molar-refractivity contribution in [1.29, 1.82) is 0 Å². The van der Waals surface area contributed by atoms with Crippen LogP contribution in [0.1, 0.15) is 22.5 Å². The number of amides is 1. The molecule has 0 N–H and O–H groups in total.